The summed E-state index contributed by atoms with van der Waals surface area (Å²) >= 11 is 0. The first kappa shape index (κ1) is 19.8. The van der Waals surface area contributed by atoms with Crippen molar-refractivity contribution in [3.63, 3.8) is 0 Å². The highest BCUT2D eigenvalue weighted by molar-refractivity contribution is 5.92. The van der Waals surface area contributed by atoms with Gasteiger partial charge in [0.05, 0.1) is 11.9 Å². The van der Waals surface area contributed by atoms with Gasteiger partial charge in [0.15, 0.2) is 0 Å². The highest BCUT2D eigenvalue weighted by Crippen LogP contribution is 2.08. The lowest BCUT2D eigenvalue weighted by Crippen LogP contribution is -2.50. The van der Waals surface area contributed by atoms with E-state index in [-0.39, 0.29) is 24.1 Å². The van der Waals surface area contributed by atoms with Gasteiger partial charge in [-0.3, -0.25) is 19.4 Å². The molecule has 0 unspecified atom stereocenters. The van der Waals surface area contributed by atoms with E-state index < -0.39 is 0 Å². The Morgan fingerprint density at radius 3 is 2.23 bits per heavy atom. The van der Waals surface area contributed by atoms with Crippen LogP contribution in [0, 0.1) is 6.92 Å². The smallest absolute Gasteiger partial charge is 0.274 e. The Kier molecular flexibility index (Phi) is 7.06. The summed E-state index contributed by atoms with van der Waals surface area (Å²) in [5.74, 6) is -0.151. The molecule has 2 heterocycles. The van der Waals surface area contributed by atoms with E-state index in [1.54, 1.807) is 27.8 Å². The van der Waals surface area contributed by atoms with Gasteiger partial charge >= 0.3 is 0 Å². The van der Waals surface area contributed by atoms with Crippen LogP contribution < -0.4 is 0 Å². The number of amides is 3. The molecular weight excluding hydrogens is 334 g/mol. The van der Waals surface area contributed by atoms with Gasteiger partial charge in [-0.25, -0.2) is 4.98 Å². The Bertz CT molecular complexity index is 639. The number of carbonyl (C=O) groups excluding carboxylic acids is 3. The second kappa shape index (κ2) is 9.26. The lowest BCUT2D eigenvalue weighted by molar-refractivity contribution is -0.138. The van der Waals surface area contributed by atoms with Crippen LogP contribution in [0.3, 0.4) is 0 Å². The molecule has 1 aliphatic rings. The van der Waals surface area contributed by atoms with Gasteiger partial charge in [0.2, 0.25) is 11.8 Å². The van der Waals surface area contributed by atoms with Crippen LogP contribution in [0.1, 0.15) is 42.9 Å². The number of aromatic nitrogens is 2. The van der Waals surface area contributed by atoms with Gasteiger partial charge in [-0.2, -0.15) is 0 Å². The molecule has 0 N–H and O–H groups in total. The molecule has 1 saturated heterocycles. The molecule has 0 radical (unpaired) electrons. The van der Waals surface area contributed by atoms with E-state index in [4.69, 9.17) is 0 Å². The predicted octanol–water partition coefficient (Wildman–Crippen LogP) is 0.718. The van der Waals surface area contributed by atoms with E-state index in [0.29, 0.717) is 45.0 Å². The van der Waals surface area contributed by atoms with Crippen LogP contribution >= 0.6 is 0 Å². The average molecular weight is 361 g/mol. The molecule has 26 heavy (non-hydrogen) atoms. The molecule has 3 amide bonds. The Balaban J connectivity index is 1.89. The lowest BCUT2D eigenvalue weighted by Gasteiger charge is -2.34. The first-order valence-corrected chi connectivity index (χ1v) is 9.03. The highest BCUT2D eigenvalue weighted by Gasteiger charge is 2.24. The van der Waals surface area contributed by atoms with Crippen LogP contribution in [0.2, 0.25) is 0 Å². The van der Waals surface area contributed by atoms with Crippen molar-refractivity contribution in [3.8, 4) is 0 Å². The third-order valence-electron chi connectivity index (χ3n) is 4.45. The van der Waals surface area contributed by atoms with Crippen molar-refractivity contribution in [2.24, 2.45) is 0 Å². The molecule has 1 aromatic heterocycles. The summed E-state index contributed by atoms with van der Waals surface area (Å²) in [5.41, 5.74) is 1.05. The van der Waals surface area contributed by atoms with Crippen molar-refractivity contribution in [2.75, 3.05) is 39.3 Å². The first-order valence-electron chi connectivity index (χ1n) is 9.03. The molecule has 1 fully saturated rings. The number of carbonyl (C=O) groups is 3. The minimum absolute atomic E-state index is 0.0112. The molecule has 142 valence electrons. The van der Waals surface area contributed by atoms with Gasteiger partial charge in [0.1, 0.15) is 5.69 Å². The van der Waals surface area contributed by atoms with Gasteiger partial charge in [-0.1, -0.05) is 6.92 Å². The fourth-order valence-corrected chi connectivity index (χ4v) is 2.91. The van der Waals surface area contributed by atoms with E-state index in [1.165, 1.54) is 6.20 Å². The van der Waals surface area contributed by atoms with Crippen molar-refractivity contribution >= 4 is 17.7 Å². The Labute approximate surface area is 154 Å². The standard InChI is InChI=1S/C18H27N5O3/c1-4-6-23(18(26)16-13-19-14(2)12-20-16)7-5-17(25)22-10-8-21(9-11-22)15(3)24/h12-13H,4-11H2,1-3H3. The molecule has 8 heteroatoms. The highest BCUT2D eigenvalue weighted by atomic mass is 16.2. The van der Waals surface area contributed by atoms with Crippen molar-refractivity contribution < 1.29 is 14.4 Å². The molecule has 1 aromatic rings. The Morgan fingerprint density at radius 1 is 1.04 bits per heavy atom. The van der Waals surface area contributed by atoms with Gasteiger partial charge in [0, 0.05) is 58.8 Å². The summed E-state index contributed by atoms with van der Waals surface area (Å²) in [6.07, 6.45) is 4.11. The molecule has 1 aliphatic heterocycles. The maximum Gasteiger partial charge on any atom is 0.274 e. The molecule has 0 spiro atoms. The molecule has 0 atom stereocenters. The van der Waals surface area contributed by atoms with Gasteiger partial charge in [-0.05, 0) is 13.3 Å². The third-order valence-corrected chi connectivity index (χ3v) is 4.45. The van der Waals surface area contributed by atoms with Crippen LogP contribution in [-0.2, 0) is 9.59 Å². The minimum Gasteiger partial charge on any atom is -0.339 e. The average Bonchev–Trinajstić information content (AvgIpc) is 2.65. The van der Waals surface area contributed by atoms with Crippen molar-refractivity contribution in [2.45, 2.75) is 33.6 Å². The van der Waals surface area contributed by atoms with Crippen LogP contribution in [0.5, 0.6) is 0 Å². The molecule has 0 bridgehead atoms. The minimum atomic E-state index is -0.200. The summed E-state index contributed by atoms with van der Waals surface area (Å²) in [5, 5.41) is 0. The molecule has 8 nitrogen and oxygen atoms in total. The van der Waals surface area contributed by atoms with Gasteiger partial charge in [0.25, 0.3) is 5.91 Å². The second-order valence-electron chi connectivity index (χ2n) is 6.47. The lowest BCUT2D eigenvalue weighted by atomic mass is 10.2. The number of piperazine rings is 1. The second-order valence-corrected chi connectivity index (χ2v) is 6.47. The zero-order valence-electron chi connectivity index (χ0n) is 15.8. The summed E-state index contributed by atoms with van der Waals surface area (Å²) in [7, 11) is 0. The molecule has 0 aromatic carbocycles. The zero-order chi connectivity index (χ0) is 19.1. The third kappa shape index (κ3) is 5.24. The number of rotatable bonds is 6. The first-order chi connectivity index (χ1) is 12.4. The number of hydrogen-bond donors (Lipinski definition) is 0. The molecule has 0 aliphatic carbocycles. The van der Waals surface area contributed by atoms with Crippen LogP contribution in [-0.4, -0.2) is 81.7 Å². The number of nitrogens with zero attached hydrogens (tertiary/aromatic N) is 5. The van der Waals surface area contributed by atoms with E-state index >= 15 is 0 Å². The van der Waals surface area contributed by atoms with Crippen LogP contribution in [0.4, 0.5) is 0 Å². The van der Waals surface area contributed by atoms with E-state index in [1.807, 2.05) is 13.8 Å². The summed E-state index contributed by atoms with van der Waals surface area (Å²) in [6, 6.07) is 0. The maximum atomic E-state index is 12.6. The monoisotopic (exact) mass is 361 g/mol. The fraction of sp³-hybridized carbons (Fsp3) is 0.611. The SMILES string of the molecule is CCCN(CCC(=O)N1CCN(C(C)=O)CC1)C(=O)c1cnc(C)cn1. The molecular formula is C18H27N5O3. The van der Waals surface area contributed by atoms with E-state index in [2.05, 4.69) is 9.97 Å². The molecule has 2 rings (SSSR count). The van der Waals surface area contributed by atoms with E-state index in [0.717, 1.165) is 12.1 Å². The summed E-state index contributed by atoms with van der Waals surface area (Å²) in [4.78, 5) is 49.8. The van der Waals surface area contributed by atoms with Crippen molar-refractivity contribution in [1.82, 2.24) is 24.7 Å². The topological polar surface area (TPSA) is 86.7 Å². The van der Waals surface area contributed by atoms with Gasteiger partial charge in [-0.15, -0.1) is 0 Å². The van der Waals surface area contributed by atoms with Crippen LogP contribution in [0.25, 0.3) is 0 Å². The van der Waals surface area contributed by atoms with E-state index in [9.17, 15) is 14.4 Å². The Hall–Kier alpha value is -2.51. The maximum absolute atomic E-state index is 12.6. The summed E-state index contributed by atoms with van der Waals surface area (Å²) < 4.78 is 0. The van der Waals surface area contributed by atoms with Gasteiger partial charge < -0.3 is 14.7 Å². The van der Waals surface area contributed by atoms with Crippen LogP contribution in [0.15, 0.2) is 12.4 Å². The Morgan fingerprint density at radius 2 is 1.69 bits per heavy atom. The van der Waals surface area contributed by atoms with Crippen molar-refractivity contribution in [3.05, 3.63) is 23.8 Å². The summed E-state index contributed by atoms with van der Waals surface area (Å²) in [6.45, 7) is 8.50. The van der Waals surface area contributed by atoms with Crippen molar-refractivity contribution in [1.29, 1.82) is 0 Å². The zero-order valence-corrected chi connectivity index (χ0v) is 15.8. The largest absolute Gasteiger partial charge is 0.339 e. The number of hydrogen-bond acceptors (Lipinski definition) is 5. The normalized spacial score (nSPS) is 14.3. The number of aryl methyl sites for hydroxylation is 1. The quantitative estimate of drug-likeness (QED) is 0.745. The molecule has 0 saturated carbocycles. The predicted molar refractivity (Wildman–Crippen MR) is 96.4 cm³/mol. The fourth-order valence-electron chi connectivity index (χ4n) is 2.91.